The second-order valence-electron chi connectivity index (χ2n) is 3.59. The molecule has 0 amide bonds. The molecule has 1 atom stereocenters. The summed E-state index contributed by atoms with van der Waals surface area (Å²) in [6, 6.07) is 7.38. The van der Waals surface area contributed by atoms with Gasteiger partial charge < -0.3 is 9.84 Å². The van der Waals surface area contributed by atoms with Crippen molar-refractivity contribution in [1.82, 2.24) is 0 Å². The van der Waals surface area contributed by atoms with Crippen molar-refractivity contribution in [3.63, 3.8) is 0 Å². The largest absolute Gasteiger partial charge is 0.479 e. The second kappa shape index (κ2) is 4.45. The number of carboxylic acids is 1. The molecule has 0 aliphatic carbocycles. The van der Waals surface area contributed by atoms with Gasteiger partial charge in [0.05, 0.1) is 0 Å². The number of aryl methyl sites for hydroxylation is 1. The van der Waals surface area contributed by atoms with Crippen molar-refractivity contribution >= 4 is 5.97 Å². The number of carbonyl (C=O) groups is 1. The zero-order chi connectivity index (χ0) is 11.5. The second-order valence-corrected chi connectivity index (χ2v) is 3.59. The fourth-order valence-electron chi connectivity index (χ4n) is 1.65. The number of ether oxygens (including phenoxy) is 1. The number of benzene rings is 1. The molecule has 1 rings (SSSR count). The molecule has 82 valence electrons. The van der Waals surface area contributed by atoms with Gasteiger partial charge in [-0.2, -0.15) is 0 Å². The van der Waals surface area contributed by atoms with Gasteiger partial charge in [-0.15, -0.1) is 0 Å². The maximum Gasteiger partial charge on any atom is 0.340 e. The Balaban J connectivity index is 3.21. The molecule has 1 aromatic carbocycles. The van der Waals surface area contributed by atoms with Crippen molar-refractivity contribution in [2.45, 2.75) is 26.4 Å². The molecule has 0 aromatic heterocycles. The van der Waals surface area contributed by atoms with Gasteiger partial charge in [-0.3, -0.25) is 0 Å². The Bertz CT molecular complexity index is 360. The van der Waals surface area contributed by atoms with Crippen molar-refractivity contribution in [2.75, 3.05) is 6.61 Å². The van der Waals surface area contributed by atoms with Gasteiger partial charge in [0.15, 0.2) is 5.60 Å². The molecule has 0 aliphatic rings. The molecule has 0 saturated carbocycles. The first-order valence-corrected chi connectivity index (χ1v) is 4.95. The van der Waals surface area contributed by atoms with Crippen LogP contribution in [0.4, 0.5) is 0 Å². The molecule has 3 heteroatoms. The number of hydrogen-bond acceptors (Lipinski definition) is 2. The van der Waals surface area contributed by atoms with Crippen LogP contribution in [-0.2, 0) is 15.1 Å². The van der Waals surface area contributed by atoms with Gasteiger partial charge in [0.2, 0.25) is 0 Å². The minimum atomic E-state index is -1.25. The van der Waals surface area contributed by atoms with Crippen LogP contribution in [-0.4, -0.2) is 17.7 Å². The van der Waals surface area contributed by atoms with Crippen LogP contribution < -0.4 is 0 Å². The van der Waals surface area contributed by atoms with E-state index in [1.54, 1.807) is 19.9 Å². The monoisotopic (exact) mass is 208 g/mol. The summed E-state index contributed by atoms with van der Waals surface area (Å²) in [5.74, 6) is -0.960. The number of aliphatic carboxylic acids is 1. The molecular weight excluding hydrogens is 192 g/mol. The first-order valence-electron chi connectivity index (χ1n) is 4.95. The van der Waals surface area contributed by atoms with E-state index in [0.29, 0.717) is 12.2 Å². The summed E-state index contributed by atoms with van der Waals surface area (Å²) in [6.45, 7) is 5.63. The molecule has 15 heavy (non-hydrogen) atoms. The van der Waals surface area contributed by atoms with Gasteiger partial charge in [0, 0.05) is 6.61 Å². The standard InChI is InChI=1S/C12H16O3/c1-4-15-12(3,11(13)14)10-8-6-5-7-9(10)2/h5-8H,4H2,1-3H3,(H,13,14). The van der Waals surface area contributed by atoms with Gasteiger partial charge in [0.25, 0.3) is 0 Å². The summed E-state index contributed by atoms with van der Waals surface area (Å²) >= 11 is 0. The Hall–Kier alpha value is -1.35. The van der Waals surface area contributed by atoms with Crippen molar-refractivity contribution in [2.24, 2.45) is 0 Å². The molecule has 0 fully saturated rings. The first kappa shape index (κ1) is 11.7. The minimum absolute atomic E-state index is 0.372. The third-order valence-electron chi connectivity index (χ3n) is 2.50. The Morgan fingerprint density at radius 2 is 2.07 bits per heavy atom. The number of hydrogen-bond donors (Lipinski definition) is 1. The van der Waals surface area contributed by atoms with Crippen LogP contribution >= 0.6 is 0 Å². The highest BCUT2D eigenvalue weighted by Crippen LogP contribution is 2.28. The predicted molar refractivity (Wildman–Crippen MR) is 57.8 cm³/mol. The van der Waals surface area contributed by atoms with E-state index in [0.717, 1.165) is 5.56 Å². The Kier molecular flexibility index (Phi) is 3.48. The number of carboxylic acid groups (broad SMARTS) is 1. The van der Waals surface area contributed by atoms with Gasteiger partial charge in [0.1, 0.15) is 0 Å². The molecule has 0 heterocycles. The van der Waals surface area contributed by atoms with Crippen LogP contribution in [0.3, 0.4) is 0 Å². The molecular formula is C12H16O3. The van der Waals surface area contributed by atoms with Crippen molar-refractivity contribution in [1.29, 1.82) is 0 Å². The maximum absolute atomic E-state index is 11.2. The highest BCUT2D eigenvalue weighted by Gasteiger charge is 2.36. The number of rotatable bonds is 4. The van der Waals surface area contributed by atoms with Gasteiger partial charge in [-0.25, -0.2) is 4.79 Å². The van der Waals surface area contributed by atoms with Gasteiger partial charge in [-0.1, -0.05) is 24.3 Å². The molecule has 0 spiro atoms. The molecule has 0 radical (unpaired) electrons. The van der Waals surface area contributed by atoms with Crippen LogP contribution in [0.1, 0.15) is 25.0 Å². The lowest BCUT2D eigenvalue weighted by atomic mass is 9.92. The summed E-state index contributed by atoms with van der Waals surface area (Å²) in [5, 5.41) is 9.22. The Morgan fingerprint density at radius 1 is 1.47 bits per heavy atom. The molecule has 1 unspecified atom stereocenters. The SMILES string of the molecule is CCOC(C)(C(=O)O)c1ccccc1C. The minimum Gasteiger partial charge on any atom is -0.479 e. The molecule has 3 nitrogen and oxygen atoms in total. The van der Waals surface area contributed by atoms with Crippen LogP contribution in [0.5, 0.6) is 0 Å². The van der Waals surface area contributed by atoms with Crippen molar-refractivity contribution in [3.8, 4) is 0 Å². The quantitative estimate of drug-likeness (QED) is 0.826. The van der Waals surface area contributed by atoms with Crippen molar-refractivity contribution in [3.05, 3.63) is 35.4 Å². The fraction of sp³-hybridized carbons (Fsp3) is 0.417. The molecule has 1 aromatic rings. The third-order valence-corrected chi connectivity index (χ3v) is 2.50. The van der Waals surface area contributed by atoms with E-state index in [1.807, 2.05) is 25.1 Å². The smallest absolute Gasteiger partial charge is 0.340 e. The van der Waals surface area contributed by atoms with E-state index in [2.05, 4.69) is 0 Å². The lowest BCUT2D eigenvalue weighted by Crippen LogP contribution is -2.36. The van der Waals surface area contributed by atoms with E-state index in [4.69, 9.17) is 4.74 Å². The summed E-state index contributed by atoms with van der Waals surface area (Å²) < 4.78 is 5.36. The summed E-state index contributed by atoms with van der Waals surface area (Å²) in [6.07, 6.45) is 0. The van der Waals surface area contributed by atoms with E-state index >= 15 is 0 Å². The van der Waals surface area contributed by atoms with Gasteiger partial charge in [-0.05, 0) is 31.9 Å². The molecule has 0 aliphatic heterocycles. The summed E-state index contributed by atoms with van der Waals surface area (Å²) in [5.41, 5.74) is 0.385. The Morgan fingerprint density at radius 3 is 2.53 bits per heavy atom. The predicted octanol–water partition coefficient (Wildman–Crippen LogP) is 2.33. The normalized spacial score (nSPS) is 14.6. The lowest BCUT2D eigenvalue weighted by molar-refractivity contribution is -0.164. The average Bonchev–Trinajstić information content (AvgIpc) is 2.18. The topological polar surface area (TPSA) is 46.5 Å². The van der Waals surface area contributed by atoms with Crippen molar-refractivity contribution < 1.29 is 14.6 Å². The van der Waals surface area contributed by atoms with Crippen LogP contribution in [0, 0.1) is 6.92 Å². The molecule has 0 saturated heterocycles. The van der Waals surface area contributed by atoms with Crippen LogP contribution in [0.2, 0.25) is 0 Å². The fourth-order valence-corrected chi connectivity index (χ4v) is 1.65. The lowest BCUT2D eigenvalue weighted by Gasteiger charge is -2.26. The first-order chi connectivity index (χ1) is 7.02. The zero-order valence-corrected chi connectivity index (χ0v) is 9.28. The van der Waals surface area contributed by atoms with E-state index in [-0.39, 0.29) is 0 Å². The summed E-state index contributed by atoms with van der Waals surface area (Å²) in [4.78, 5) is 11.2. The Labute approximate surface area is 89.7 Å². The van der Waals surface area contributed by atoms with E-state index in [9.17, 15) is 9.90 Å². The highest BCUT2D eigenvalue weighted by atomic mass is 16.5. The average molecular weight is 208 g/mol. The van der Waals surface area contributed by atoms with E-state index in [1.165, 1.54) is 0 Å². The maximum atomic E-state index is 11.2. The van der Waals surface area contributed by atoms with Gasteiger partial charge >= 0.3 is 5.97 Å². The summed E-state index contributed by atoms with van der Waals surface area (Å²) in [7, 11) is 0. The van der Waals surface area contributed by atoms with Crippen LogP contribution in [0.15, 0.2) is 24.3 Å². The van der Waals surface area contributed by atoms with E-state index < -0.39 is 11.6 Å². The van der Waals surface area contributed by atoms with Crippen LogP contribution in [0.25, 0.3) is 0 Å². The highest BCUT2D eigenvalue weighted by molar-refractivity contribution is 5.79. The molecule has 0 bridgehead atoms. The zero-order valence-electron chi connectivity index (χ0n) is 9.28. The third kappa shape index (κ3) is 2.18. The molecule has 1 N–H and O–H groups in total.